The van der Waals surface area contributed by atoms with Crippen LogP contribution < -0.4 is 0 Å². The van der Waals surface area contributed by atoms with Gasteiger partial charge in [0.15, 0.2) is 0 Å². The van der Waals surface area contributed by atoms with Gasteiger partial charge in [0, 0.05) is 11.2 Å². The lowest BCUT2D eigenvalue weighted by atomic mass is 9.70. The van der Waals surface area contributed by atoms with Crippen LogP contribution in [0.3, 0.4) is 0 Å². The molecule has 19 heavy (non-hydrogen) atoms. The third kappa shape index (κ3) is 3.53. The number of halogens is 1. The summed E-state index contributed by atoms with van der Waals surface area (Å²) in [5.41, 5.74) is 2.44. The highest BCUT2D eigenvalue weighted by molar-refractivity contribution is 6.27. The fraction of sp³-hybridized carbons (Fsp3) is 0.812. The van der Waals surface area contributed by atoms with Gasteiger partial charge in [0.05, 0.1) is 0 Å². The van der Waals surface area contributed by atoms with Crippen LogP contribution in [0.15, 0.2) is 11.3 Å². The molecule has 0 aromatic heterocycles. The summed E-state index contributed by atoms with van der Waals surface area (Å²) < 4.78 is 0. The van der Waals surface area contributed by atoms with Gasteiger partial charge in [-0.1, -0.05) is 20.8 Å². The molecule has 110 valence electrons. The third-order valence-corrected chi connectivity index (χ3v) is 4.38. The van der Waals surface area contributed by atoms with E-state index >= 15 is 0 Å². The number of nitrogens with zero attached hydrogens (tertiary/aromatic N) is 1. The summed E-state index contributed by atoms with van der Waals surface area (Å²) >= 11 is 5.81. The van der Waals surface area contributed by atoms with Gasteiger partial charge in [0.25, 0.3) is 0 Å². The predicted octanol–water partition coefficient (Wildman–Crippen LogP) is 4.58. The quantitative estimate of drug-likeness (QED) is 0.680. The Morgan fingerprint density at radius 2 is 1.95 bits per heavy atom. The maximum Gasteiger partial charge on any atom is 0.242 e. The van der Waals surface area contributed by atoms with E-state index in [0.29, 0.717) is 5.92 Å². The van der Waals surface area contributed by atoms with Gasteiger partial charge in [0.1, 0.15) is 5.88 Å². The van der Waals surface area contributed by atoms with Crippen molar-refractivity contribution < 1.29 is 4.79 Å². The topological polar surface area (TPSA) is 20.3 Å². The average Bonchev–Trinajstić information content (AvgIpc) is 2.22. The lowest BCUT2D eigenvalue weighted by molar-refractivity contribution is -0.131. The Morgan fingerprint density at radius 3 is 2.37 bits per heavy atom. The van der Waals surface area contributed by atoms with E-state index in [-0.39, 0.29) is 22.7 Å². The van der Waals surface area contributed by atoms with Gasteiger partial charge in [-0.3, -0.25) is 4.79 Å². The normalized spacial score (nSPS) is 23.5. The molecule has 0 N–H and O–H groups in total. The highest BCUT2D eigenvalue weighted by Crippen LogP contribution is 2.44. The second kappa shape index (κ2) is 5.47. The number of allylic oxidation sites excluding steroid dienone is 2. The van der Waals surface area contributed by atoms with Gasteiger partial charge in [-0.15, -0.1) is 11.6 Å². The molecule has 1 rings (SSSR count). The Balaban J connectivity index is 3.32. The lowest BCUT2D eigenvalue weighted by Gasteiger charge is -2.45. The molecule has 1 unspecified atom stereocenters. The zero-order valence-corrected chi connectivity index (χ0v) is 14.2. The van der Waals surface area contributed by atoms with Crippen molar-refractivity contribution in [3.63, 3.8) is 0 Å². The first-order valence-corrected chi connectivity index (χ1v) is 7.63. The molecule has 0 heterocycles. The van der Waals surface area contributed by atoms with Gasteiger partial charge in [0.2, 0.25) is 5.91 Å². The standard InChI is InChI=1S/C16H28ClNO/c1-11-8-13(12(2)16(6,7)9-11)18(14(19)10-17)15(3,4)5/h11H,8-10H2,1-7H3. The highest BCUT2D eigenvalue weighted by atomic mass is 35.5. The van der Waals surface area contributed by atoms with Crippen LogP contribution in [0.5, 0.6) is 0 Å². The maximum absolute atomic E-state index is 12.3. The van der Waals surface area contributed by atoms with Crippen LogP contribution in [0.4, 0.5) is 0 Å². The largest absolute Gasteiger partial charge is 0.310 e. The highest BCUT2D eigenvalue weighted by Gasteiger charge is 2.37. The zero-order valence-electron chi connectivity index (χ0n) is 13.4. The van der Waals surface area contributed by atoms with Crippen molar-refractivity contribution in [2.75, 3.05) is 5.88 Å². The van der Waals surface area contributed by atoms with Crippen LogP contribution >= 0.6 is 11.6 Å². The summed E-state index contributed by atoms with van der Waals surface area (Å²) in [6, 6.07) is 0. The van der Waals surface area contributed by atoms with Crippen molar-refractivity contribution in [1.29, 1.82) is 0 Å². The van der Waals surface area contributed by atoms with Gasteiger partial charge in [-0.25, -0.2) is 0 Å². The molecule has 1 aliphatic carbocycles. The zero-order chi connectivity index (χ0) is 15.0. The summed E-state index contributed by atoms with van der Waals surface area (Å²) in [6.45, 7) is 15.2. The molecule has 0 bridgehead atoms. The Bertz CT molecular complexity index is 390. The van der Waals surface area contributed by atoms with Crippen LogP contribution in [0.1, 0.15) is 61.3 Å². The summed E-state index contributed by atoms with van der Waals surface area (Å²) in [5.74, 6) is 0.651. The van der Waals surface area contributed by atoms with Crippen LogP contribution in [0, 0.1) is 11.3 Å². The Labute approximate surface area is 123 Å². The Hall–Kier alpha value is -0.500. The van der Waals surface area contributed by atoms with Gasteiger partial charge in [-0.2, -0.15) is 0 Å². The fourth-order valence-electron chi connectivity index (χ4n) is 3.22. The van der Waals surface area contributed by atoms with E-state index in [1.54, 1.807) is 0 Å². The molecule has 0 aromatic carbocycles. The summed E-state index contributed by atoms with van der Waals surface area (Å²) in [5, 5.41) is 0. The molecule has 1 atom stereocenters. The van der Waals surface area contributed by atoms with Crippen molar-refractivity contribution in [1.82, 2.24) is 4.90 Å². The molecule has 0 radical (unpaired) electrons. The van der Waals surface area contributed by atoms with E-state index in [2.05, 4.69) is 48.5 Å². The summed E-state index contributed by atoms with van der Waals surface area (Å²) in [7, 11) is 0. The summed E-state index contributed by atoms with van der Waals surface area (Å²) in [4.78, 5) is 14.2. The number of alkyl halides is 1. The average molecular weight is 286 g/mol. The second-order valence-corrected chi connectivity index (χ2v) is 7.77. The molecule has 1 aliphatic rings. The predicted molar refractivity (Wildman–Crippen MR) is 82.2 cm³/mol. The van der Waals surface area contributed by atoms with Crippen molar-refractivity contribution in [2.24, 2.45) is 11.3 Å². The van der Waals surface area contributed by atoms with Crippen molar-refractivity contribution in [3.05, 3.63) is 11.3 Å². The first kappa shape index (κ1) is 16.6. The second-order valence-electron chi connectivity index (χ2n) is 7.50. The van der Waals surface area contributed by atoms with E-state index in [1.807, 2.05) is 4.90 Å². The Morgan fingerprint density at radius 1 is 1.42 bits per heavy atom. The van der Waals surface area contributed by atoms with Gasteiger partial charge < -0.3 is 4.90 Å². The van der Waals surface area contributed by atoms with Crippen molar-refractivity contribution in [3.8, 4) is 0 Å². The first-order valence-electron chi connectivity index (χ1n) is 7.10. The van der Waals surface area contributed by atoms with Crippen LogP contribution in [0.25, 0.3) is 0 Å². The van der Waals surface area contributed by atoms with Crippen LogP contribution in [-0.2, 0) is 4.79 Å². The molecule has 0 aromatic rings. The summed E-state index contributed by atoms with van der Waals surface area (Å²) in [6.07, 6.45) is 2.14. The first-order chi connectivity index (χ1) is 8.50. The van der Waals surface area contributed by atoms with Gasteiger partial charge in [-0.05, 0) is 57.4 Å². The van der Waals surface area contributed by atoms with E-state index in [1.165, 1.54) is 17.7 Å². The Kier molecular flexibility index (Phi) is 4.77. The molecule has 0 saturated carbocycles. The lowest BCUT2D eigenvalue weighted by Crippen LogP contribution is -2.48. The molecule has 1 amide bonds. The third-order valence-electron chi connectivity index (χ3n) is 4.15. The molecule has 0 fully saturated rings. The number of hydrogen-bond acceptors (Lipinski definition) is 1. The fourth-order valence-corrected chi connectivity index (χ4v) is 3.34. The molecule has 3 heteroatoms. The van der Waals surface area contributed by atoms with E-state index in [9.17, 15) is 4.79 Å². The van der Waals surface area contributed by atoms with Crippen LogP contribution in [0.2, 0.25) is 0 Å². The van der Waals surface area contributed by atoms with Crippen molar-refractivity contribution >= 4 is 17.5 Å². The number of carbonyl (C=O) groups excluding carboxylic acids is 1. The molecule has 2 nitrogen and oxygen atoms in total. The minimum absolute atomic E-state index is 0.00779. The maximum atomic E-state index is 12.3. The minimum Gasteiger partial charge on any atom is -0.310 e. The van der Waals surface area contributed by atoms with E-state index < -0.39 is 0 Å². The number of amides is 1. The minimum atomic E-state index is -0.226. The van der Waals surface area contributed by atoms with E-state index in [0.717, 1.165) is 6.42 Å². The van der Waals surface area contributed by atoms with Crippen LogP contribution in [-0.4, -0.2) is 22.2 Å². The monoisotopic (exact) mass is 285 g/mol. The molecule has 0 spiro atoms. The molecule has 0 aliphatic heterocycles. The van der Waals surface area contributed by atoms with Crippen molar-refractivity contribution in [2.45, 2.75) is 66.8 Å². The van der Waals surface area contributed by atoms with E-state index in [4.69, 9.17) is 11.6 Å². The SMILES string of the molecule is CC1=C(N(C(=O)CCl)C(C)(C)C)CC(C)CC1(C)C. The number of hydrogen-bond donors (Lipinski definition) is 0. The molecule has 0 saturated heterocycles. The van der Waals surface area contributed by atoms with Gasteiger partial charge >= 0.3 is 0 Å². The smallest absolute Gasteiger partial charge is 0.242 e. The molecular formula is C16H28ClNO. The number of rotatable bonds is 2. The number of carbonyl (C=O) groups is 1. The molecular weight excluding hydrogens is 258 g/mol.